The molecule has 0 aliphatic heterocycles. The first-order valence-electron chi connectivity index (χ1n) is 19.4. The van der Waals surface area contributed by atoms with Gasteiger partial charge < -0.3 is 4.42 Å². The van der Waals surface area contributed by atoms with Gasteiger partial charge in [0, 0.05) is 39.2 Å². The molecule has 0 fully saturated rings. The van der Waals surface area contributed by atoms with Crippen LogP contribution in [-0.2, 0) is 0 Å². The first-order valence-corrected chi connectivity index (χ1v) is 19.4. The van der Waals surface area contributed by atoms with Crippen molar-refractivity contribution in [2.75, 3.05) is 0 Å². The molecule has 0 saturated heterocycles. The van der Waals surface area contributed by atoms with Gasteiger partial charge in [-0.05, 0) is 75.0 Å². The molecule has 0 atom stereocenters. The van der Waals surface area contributed by atoms with Crippen LogP contribution in [0.2, 0.25) is 0 Å². The van der Waals surface area contributed by atoms with Crippen molar-refractivity contribution in [3.05, 3.63) is 217 Å². The molecule has 1 heterocycles. The van der Waals surface area contributed by atoms with Crippen molar-refractivity contribution in [2.45, 2.75) is 6.92 Å². The SMILES string of the molecule is CC(N=Cc1ccc(-c2ccccc2)c2oc3c(-c4ccccc4)cc(-c4ccccc4)cc3c12)=NC(=N)c1ccc2c(ccc3ccccc32)c1.c1ccccc1. The lowest BCUT2D eigenvalue weighted by Crippen LogP contribution is -2.00. The van der Waals surface area contributed by atoms with Gasteiger partial charge in [0.05, 0.1) is 0 Å². The van der Waals surface area contributed by atoms with E-state index in [1.807, 2.05) is 79.9 Å². The van der Waals surface area contributed by atoms with E-state index in [9.17, 15) is 0 Å². The molecule has 0 unspecified atom stereocenters. The second-order valence-corrected chi connectivity index (χ2v) is 14.2. The van der Waals surface area contributed by atoms with Crippen molar-refractivity contribution >= 4 is 61.4 Å². The minimum absolute atomic E-state index is 0.169. The van der Waals surface area contributed by atoms with Crippen molar-refractivity contribution in [1.82, 2.24) is 0 Å². The molecular weight excluding hydrogens is 707 g/mol. The molecule has 10 rings (SSSR count). The van der Waals surface area contributed by atoms with E-state index < -0.39 is 0 Å². The lowest BCUT2D eigenvalue weighted by molar-refractivity contribution is 0.671. The Labute approximate surface area is 337 Å². The fourth-order valence-corrected chi connectivity index (χ4v) is 7.55. The Kier molecular flexibility index (Phi) is 10.0. The third-order valence-electron chi connectivity index (χ3n) is 10.4. The smallest absolute Gasteiger partial charge is 0.153 e. The van der Waals surface area contributed by atoms with E-state index in [1.54, 1.807) is 0 Å². The summed E-state index contributed by atoms with van der Waals surface area (Å²) in [5, 5.41) is 15.5. The van der Waals surface area contributed by atoms with E-state index >= 15 is 0 Å². The number of nitrogens with one attached hydrogen (secondary N) is 1. The predicted octanol–water partition coefficient (Wildman–Crippen LogP) is 14.4. The maximum absolute atomic E-state index is 8.85. The molecular formula is C54H39N3O. The molecule has 1 aromatic heterocycles. The molecule has 4 heteroatoms. The standard InChI is InChI=1S/C48H33N3O.C6H6/c1-31(51-48(49)37-23-25-41-36(27-37)22-21-35-19-11-12-20-40(35)41)50-30-38-24-26-42(33-15-7-3-8-16-33)47-45(38)44-29-39(32-13-5-2-6-14-32)28-43(46(44)52-47)34-17-9-4-10-18-34;1-2-4-6-5-3-1/h2-30,49H,1H3;1-6H. The molecule has 1 N–H and O–H groups in total. The maximum atomic E-state index is 8.85. The Morgan fingerprint density at radius 3 is 1.72 bits per heavy atom. The zero-order valence-corrected chi connectivity index (χ0v) is 32.0. The van der Waals surface area contributed by atoms with Gasteiger partial charge in [-0.15, -0.1) is 0 Å². The third-order valence-corrected chi connectivity index (χ3v) is 10.4. The van der Waals surface area contributed by atoms with Crippen LogP contribution in [0, 0.1) is 5.41 Å². The van der Waals surface area contributed by atoms with Crippen LogP contribution >= 0.6 is 0 Å². The van der Waals surface area contributed by atoms with Gasteiger partial charge in [0.2, 0.25) is 0 Å². The number of fused-ring (bicyclic) bond motifs is 6. The van der Waals surface area contributed by atoms with Crippen molar-refractivity contribution < 1.29 is 4.42 Å². The lowest BCUT2D eigenvalue weighted by Gasteiger charge is -2.08. The molecule has 0 bridgehead atoms. The Hall–Kier alpha value is -7.69. The number of aliphatic imine (C=N–C) groups is 2. The van der Waals surface area contributed by atoms with E-state index in [4.69, 9.17) is 14.8 Å². The summed E-state index contributed by atoms with van der Waals surface area (Å²) in [6, 6.07) is 70.6. The van der Waals surface area contributed by atoms with E-state index in [0.29, 0.717) is 5.84 Å². The fraction of sp³-hybridized carbons (Fsp3) is 0.0185. The van der Waals surface area contributed by atoms with E-state index in [0.717, 1.165) is 77.2 Å². The summed E-state index contributed by atoms with van der Waals surface area (Å²) in [4.78, 5) is 9.42. The van der Waals surface area contributed by atoms with Crippen LogP contribution in [0.4, 0.5) is 0 Å². The summed E-state index contributed by atoms with van der Waals surface area (Å²) >= 11 is 0. The molecule has 0 saturated carbocycles. The average Bonchev–Trinajstić information content (AvgIpc) is 3.69. The van der Waals surface area contributed by atoms with Crippen molar-refractivity contribution in [1.29, 1.82) is 5.41 Å². The van der Waals surface area contributed by atoms with Crippen LogP contribution < -0.4 is 0 Å². The summed E-state index contributed by atoms with van der Waals surface area (Å²) in [6.45, 7) is 1.84. The highest BCUT2D eigenvalue weighted by atomic mass is 16.3. The van der Waals surface area contributed by atoms with Crippen LogP contribution in [0.3, 0.4) is 0 Å². The van der Waals surface area contributed by atoms with Gasteiger partial charge in [-0.2, -0.15) is 0 Å². The Morgan fingerprint density at radius 2 is 1.03 bits per heavy atom. The molecule has 0 aliphatic carbocycles. The van der Waals surface area contributed by atoms with Crippen LogP contribution in [0.25, 0.3) is 76.9 Å². The maximum Gasteiger partial charge on any atom is 0.153 e. The summed E-state index contributed by atoms with van der Waals surface area (Å²) in [5.41, 5.74) is 9.74. The van der Waals surface area contributed by atoms with Gasteiger partial charge in [0.25, 0.3) is 0 Å². The van der Waals surface area contributed by atoms with Crippen LogP contribution in [-0.4, -0.2) is 17.9 Å². The zero-order valence-electron chi connectivity index (χ0n) is 32.0. The van der Waals surface area contributed by atoms with Crippen molar-refractivity contribution in [3.63, 3.8) is 0 Å². The fourth-order valence-electron chi connectivity index (χ4n) is 7.55. The number of amidine groups is 2. The average molecular weight is 746 g/mol. The van der Waals surface area contributed by atoms with Crippen molar-refractivity contribution in [2.24, 2.45) is 9.98 Å². The summed E-state index contributed by atoms with van der Waals surface area (Å²) in [5.74, 6) is 0.662. The van der Waals surface area contributed by atoms with Crippen LogP contribution in [0.15, 0.2) is 221 Å². The molecule has 0 radical (unpaired) electrons. The van der Waals surface area contributed by atoms with Crippen LogP contribution in [0.5, 0.6) is 0 Å². The normalized spacial score (nSPS) is 11.6. The first kappa shape index (κ1) is 36.0. The van der Waals surface area contributed by atoms with E-state index in [1.165, 1.54) is 10.8 Å². The molecule has 0 spiro atoms. The first-order chi connectivity index (χ1) is 28.6. The summed E-state index contributed by atoms with van der Waals surface area (Å²) < 4.78 is 6.92. The highest BCUT2D eigenvalue weighted by Gasteiger charge is 2.20. The quantitative estimate of drug-likeness (QED) is 0.106. The monoisotopic (exact) mass is 745 g/mol. The molecule has 10 aromatic rings. The Bertz CT molecular complexity index is 3090. The second-order valence-electron chi connectivity index (χ2n) is 14.2. The molecule has 58 heavy (non-hydrogen) atoms. The topological polar surface area (TPSA) is 61.7 Å². The number of benzene rings is 9. The van der Waals surface area contributed by atoms with Gasteiger partial charge in [0.1, 0.15) is 17.0 Å². The lowest BCUT2D eigenvalue weighted by atomic mass is 9.94. The number of hydrogen-bond acceptors (Lipinski definition) is 2. The van der Waals surface area contributed by atoms with Gasteiger partial charge in [-0.25, -0.2) is 9.98 Å². The molecule has 9 aromatic carbocycles. The Balaban J connectivity index is 0.000000668. The number of rotatable bonds is 5. The molecule has 4 nitrogen and oxygen atoms in total. The van der Waals surface area contributed by atoms with E-state index in [-0.39, 0.29) is 5.84 Å². The van der Waals surface area contributed by atoms with Gasteiger partial charge in [0.15, 0.2) is 5.84 Å². The summed E-state index contributed by atoms with van der Waals surface area (Å²) in [6.07, 6.45) is 1.85. The van der Waals surface area contributed by atoms with Crippen LogP contribution in [0.1, 0.15) is 18.1 Å². The second kappa shape index (κ2) is 16.2. The van der Waals surface area contributed by atoms with Gasteiger partial charge in [-0.1, -0.05) is 182 Å². The van der Waals surface area contributed by atoms with Crippen molar-refractivity contribution in [3.8, 4) is 33.4 Å². The highest BCUT2D eigenvalue weighted by Crippen LogP contribution is 2.43. The number of nitrogens with zero attached hydrogens (tertiary/aromatic N) is 2. The molecule has 0 aliphatic rings. The number of hydrogen-bond donors (Lipinski definition) is 1. The zero-order chi connectivity index (χ0) is 39.3. The summed E-state index contributed by atoms with van der Waals surface area (Å²) in [7, 11) is 0. The minimum Gasteiger partial charge on any atom is -0.455 e. The predicted molar refractivity (Wildman–Crippen MR) is 245 cm³/mol. The highest BCUT2D eigenvalue weighted by molar-refractivity contribution is 6.20. The number of furan rings is 1. The Morgan fingerprint density at radius 1 is 0.466 bits per heavy atom. The minimum atomic E-state index is 0.169. The van der Waals surface area contributed by atoms with Gasteiger partial charge >= 0.3 is 0 Å². The van der Waals surface area contributed by atoms with Gasteiger partial charge in [-0.3, -0.25) is 5.41 Å². The molecule has 0 amide bonds. The largest absolute Gasteiger partial charge is 0.455 e. The van der Waals surface area contributed by atoms with E-state index in [2.05, 4.69) is 145 Å². The molecule has 276 valence electrons. The third kappa shape index (κ3) is 7.35.